The first-order chi connectivity index (χ1) is 14.4. The molecule has 0 spiro atoms. The number of aromatic nitrogens is 2. The molecule has 2 heterocycles. The minimum Gasteiger partial charge on any atom is -0.467 e. The highest BCUT2D eigenvalue weighted by Crippen LogP contribution is 2.11. The number of rotatable bonds is 6. The fourth-order valence-corrected chi connectivity index (χ4v) is 3.03. The van der Waals surface area contributed by atoms with E-state index in [1.165, 1.54) is 42.1 Å². The van der Waals surface area contributed by atoms with Gasteiger partial charge in [-0.3, -0.25) is 19.1 Å². The lowest BCUT2D eigenvalue weighted by molar-refractivity contribution is -0.142. The minimum atomic E-state index is -0.983. The third-order valence-electron chi connectivity index (χ3n) is 4.61. The van der Waals surface area contributed by atoms with Crippen molar-refractivity contribution in [3.8, 4) is 5.69 Å². The van der Waals surface area contributed by atoms with E-state index in [1.807, 2.05) is 0 Å². The van der Waals surface area contributed by atoms with E-state index < -0.39 is 29.3 Å². The van der Waals surface area contributed by atoms with Crippen LogP contribution >= 0.6 is 0 Å². The van der Waals surface area contributed by atoms with Crippen molar-refractivity contribution in [1.29, 1.82) is 0 Å². The summed E-state index contributed by atoms with van der Waals surface area (Å²) in [6.45, 7) is 1.63. The Morgan fingerprint density at radius 2 is 1.80 bits per heavy atom. The molecule has 0 unspecified atom stereocenters. The maximum absolute atomic E-state index is 13.2. The zero-order chi connectivity index (χ0) is 21.7. The Balaban J connectivity index is 1.92. The number of nitrogens with zero attached hydrogens (tertiary/aromatic N) is 2. The number of esters is 1. The number of carbonyl (C=O) groups excluding carboxylic acids is 2. The number of ether oxygens (including phenoxy) is 1. The third kappa shape index (κ3) is 4.60. The summed E-state index contributed by atoms with van der Waals surface area (Å²) < 4.78 is 19.3. The Morgan fingerprint density at radius 3 is 2.43 bits per heavy atom. The van der Waals surface area contributed by atoms with Gasteiger partial charge in [0, 0.05) is 30.7 Å². The van der Waals surface area contributed by atoms with Gasteiger partial charge in [0.15, 0.2) is 0 Å². The van der Waals surface area contributed by atoms with E-state index >= 15 is 0 Å². The molecule has 1 N–H and O–H groups in total. The van der Waals surface area contributed by atoms with Crippen LogP contribution in [-0.4, -0.2) is 34.6 Å². The lowest BCUT2D eigenvalue weighted by Crippen LogP contribution is -2.45. The van der Waals surface area contributed by atoms with Crippen LogP contribution in [0.3, 0.4) is 0 Å². The molecule has 0 radical (unpaired) electrons. The summed E-state index contributed by atoms with van der Waals surface area (Å²) in [7, 11) is 1.23. The number of amides is 1. The summed E-state index contributed by atoms with van der Waals surface area (Å²) >= 11 is 0. The first-order valence-corrected chi connectivity index (χ1v) is 9.16. The number of hydrogen-bond donors (Lipinski definition) is 1. The molecular weight excluding hydrogens is 389 g/mol. The number of halogens is 1. The zero-order valence-corrected chi connectivity index (χ0v) is 16.5. The molecule has 0 aliphatic carbocycles. The van der Waals surface area contributed by atoms with Crippen LogP contribution in [0.5, 0.6) is 0 Å². The molecule has 2 aromatic heterocycles. The van der Waals surface area contributed by atoms with E-state index in [0.717, 1.165) is 5.56 Å². The number of aryl methyl sites for hydroxylation is 1. The maximum atomic E-state index is 13.2. The summed E-state index contributed by atoms with van der Waals surface area (Å²) in [6, 6.07) is 9.39. The minimum absolute atomic E-state index is 0.106. The topological polar surface area (TPSA) is 90.3 Å². The fraction of sp³-hybridized carbons (Fsp3) is 0.182. The summed E-state index contributed by atoms with van der Waals surface area (Å²) in [5, 5.41) is 2.59. The van der Waals surface area contributed by atoms with Crippen LogP contribution in [0.15, 0.2) is 65.8 Å². The highest BCUT2D eigenvalue weighted by atomic mass is 19.1. The monoisotopic (exact) mass is 409 g/mol. The Morgan fingerprint density at radius 1 is 1.13 bits per heavy atom. The van der Waals surface area contributed by atoms with E-state index in [0.29, 0.717) is 11.3 Å². The van der Waals surface area contributed by atoms with Crippen LogP contribution in [0.1, 0.15) is 21.5 Å². The van der Waals surface area contributed by atoms with Gasteiger partial charge in [-0.1, -0.05) is 0 Å². The highest BCUT2D eigenvalue weighted by Gasteiger charge is 2.25. The fourth-order valence-electron chi connectivity index (χ4n) is 3.03. The van der Waals surface area contributed by atoms with Crippen molar-refractivity contribution in [2.45, 2.75) is 19.4 Å². The molecule has 1 amide bonds. The molecule has 0 aliphatic heterocycles. The van der Waals surface area contributed by atoms with Crippen LogP contribution in [0.4, 0.5) is 4.39 Å². The van der Waals surface area contributed by atoms with Crippen LogP contribution in [0.25, 0.3) is 5.69 Å². The molecule has 7 nitrogen and oxygen atoms in total. The summed E-state index contributed by atoms with van der Waals surface area (Å²) in [5.41, 5.74) is 0.950. The van der Waals surface area contributed by atoms with Crippen LogP contribution in [0, 0.1) is 12.7 Å². The highest BCUT2D eigenvalue weighted by molar-refractivity contribution is 5.97. The molecular formula is C22H20FN3O4. The molecule has 3 rings (SSSR count). The molecule has 0 saturated carbocycles. The lowest BCUT2D eigenvalue weighted by atomic mass is 10.1. The standard InChI is InChI=1S/C22H20FN3O4/c1-14-9-12-26(17-5-3-16(23)4-6-17)21(28)19(14)20(27)25-18(22(29)30-2)13-15-7-10-24-11-8-15/h3-12,18H,13H2,1-2H3,(H,25,27)/t18-/m1/s1. The largest absolute Gasteiger partial charge is 0.467 e. The van der Waals surface area contributed by atoms with E-state index in [-0.39, 0.29) is 12.0 Å². The molecule has 8 heteroatoms. The zero-order valence-electron chi connectivity index (χ0n) is 16.5. The second-order valence-corrected chi connectivity index (χ2v) is 6.63. The summed E-state index contributed by atoms with van der Waals surface area (Å²) in [6.07, 6.45) is 4.85. The van der Waals surface area contributed by atoms with Crippen molar-refractivity contribution in [3.05, 3.63) is 93.9 Å². The van der Waals surface area contributed by atoms with Gasteiger partial charge in [-0.15, -0.1) is 0 Å². The van der Waals surface area contributed by atoms with Crippen molar-refractivity contribution < 1.29 is 18.7 Å². The Kier molecular flexibility index (Phi) is 6.36. The quantitative estimate of drug-likeness (QED) is 0.631. The molecule has 1 atom stereocenters. The van der Waals surface area contributed by atoms with Gasteiger partial charge in [0.1, 0.15) is 17.4 Å². The Hall–Kier alpha value is -3.81. The van der Waals surface area contributed by atoms with Gasteiger partial charge in [-0.2, -0.15) is 0 Å². The second kappa shape index (κ2) is 9.13. The predicted octanol–water partition coefficient (Wildman–Crippen LogP) is 2.19. The maximum Gasteiger partial charge on any atom is 0.328 e. The van der Waals surface area contributed by atoms with Crippen LogP contribution in [-0.2, 0) is 16.0 Å². The van der Waals surface area contributed by atoms with Gasteiger partial charge >= 0.3 is 5.97 Å². The van der Waals surface area contributed by atoms with Crippen molar-refractivity contribution in [3.63, 3.8) is 0 Å². The average Bonchev–Trinajstić information content (AvgIpc) is 2.74. The first-order valence-electron chi connectivity index (χ1n) is 9.16. The Bertz CT molecular complexity index is 1110. The van der Waals surface area contributed by atoms with E-state index in [2.05, 4.69) is 10.3 Å². The van der Waals surface area contributed by atoms with E-state index in [9.17, 15) is 18.8 Å². The molecule has 0 aliphatic rings. The third-order valence-corrected chi connectivity index (χ3v) is 4.61. The number of methoxy groups -OCH3 is 1. The van der Waals surface area contributed by atoms with Gasteiger partial charge < -0.3 is 10.1 Å². The molecule has 0 fully saturated rings. The molecule has 30 heavy (non-hydrogen) atoms. The van der Waals surface area contributed by atoms with Gasteiger partial charge in [-0.25, -0.2) is 9.18 Å². The SMILES string of the molecule is COC(=O)[C@@H](Cc1ccncc1)NC(=O)c1c(C)ccn(-c2ccc(F)cc2)c1=O. The van der Waals surface area contributed by atoms with E-state index in [1.54, 1.807) is 37.5 Å². The number of nitrogens with one attached hydrogen (secondary N) is 1. The van der Waals surface area contributed by atoms with Gasteiger partial charge in [-0.05, 0) is 60.5 Å². The van der Waals surface area contributed by atoms with Crippen molar-refractivity contribution in [1.82, 2.24) is 14.9 Å². The second-order valence-electron chi connectivity index (χ2n) is 6.63. The molecule has 0 bridgehead atoms. The van der Waals surface area contributed by atoms with Gasteiger partial charge in [0.2, 0.25) is 0 Å². The molecule has 154 valence electrons. The molecule has 3 aromatic rings. The van der Waals surface area contributed by atoms with Gasteiger partial charge in [0.25, 0.3) is 11.5 Å². The normalized spacial score (nSPS) is 11.6. The predicted molar refractivity (Wildman–Crippen MR) is 108 cm³/mol. The molecule has 1 aromatic carbocycles. The van der Waals surface area contributed by atoms with Crippen molar-refractivity contribution in [2.24, 2.45) is 0 Å². The first kappa shape index (κ1) is 20.9. The average molecular weight is 409 g/mol. The summed E-state index contributed by atoms with van der Waals surface area (Å²) in [5.74, 6) is -1.76. The number of pyridine rings is 2. The summed E-state index contributed by atoms with van der Waals surface area (Å²) in [4.78, 5) is 42.0. The number of carbonyl (C=O) groups is 2. The van der Waals surface area contributed by atoms with Crippen LogP contribution in [0.2, 0.25) is 0 Å². The van der Waals surface area contributed by atoms with Crippen molar-refractivity contribution in [2.75, 3.05) is 7.11 Å². The number of hydrogen-bond acceptors (Lipinski definition) is 5. The number of benzene rings is 1. The molecule has 0 saturated heterocycles. The lowest BCUT2D eigenvalue weighted by Gasteiger charge is -2.18. The van der Waals surface area contributed by atoms with E-state index in [4.69, 9.17) is 4.74 Å². The Labute approximate surface area is 172 Å². The van der Waals surface area contributed by atoms with Crippen molar-refractivity contribution >= 4 is 11.9 Å². The van der Waals surface area contributed by atoms with Crippen LogP contribution < -0.4 is 10.9 Å². The smallest absolute Gasteiger partial charge is 0.328 e. The van der Waals surface area contributed by atoms with Gasteiger partial charge in [0.05, 0.1) is 7.11 Å².